The summed E-state index contributed by atoms with van der Waals surface area (Å²) in [5.74, 6) is 1.02. The van der Waals surface area contributed by atoms with Crippen molar-refractivity contribution in [2.24, 2.45) is 0 Å². The van der Waals surface area contributed by atoms with Gasteiger partial charge in [-0.2, -0.15) is 0 Å². The summed E-state index contributed by atoms with van der Waals surface area (Å²) in [6, 6.07) is 8.22. The third kappa shape index (κ3) is 3.81. The number of pyridine rings is 1. The Kier molecular flexibility index (Phi) is 5.32. The van der Waals surface area contributed by atoms with Crippen LogP contribution in [0.4, 0.5) is 0 Å². The molecule has 2 aromatic rings. The zero-order valence-electron chi connectivity index (χ0n) is 15.0. The molecule has 138 valence electrons. The normalized spacial score (nSPS) is 18.6. The van der Waals surface area contributed by atoms with Crippen LogP contribution in [-0.2, 0) is 16.1 Å². The maximum atomic E-state index is 11.7. The molecule has 26 heavy (non-hydrogen) atoms. The molecular formula is C20H25N3O3. The van der Waals surface area contributed by atoms with Crippen LogP contribution >= 0.6 is 0 Å². The van der Waals surface area contributed by atoms with E-state index >= 15 is 0 Å². The molecular weight excluding hydrogens is 330 g/mol. The standard InChI is InChI=1S/C20H25N3O3/c24-19-4-2-8-23(19)11-14-26-18-6-5-16(15-22-9-12-25-13-10-22)17-3-1-7-21-20(17)18/h1,3,5-7H,2,4,8-15H2. The Balaban J connectivity index is 1.47. The first-order chi connectivity index (χ1) is 12.8. The van der Waals surface area contributed by atoms with Crippen LogP contribution in [0.3, 0.4) is 0 Å². The van der Waals surface area contributed by atoms with Crippen molar-refractivity contribution in [1.29, 1.82) is 0 Å². The second kappa shape index (κ2) is 8.01. The SMILES string of the molecule is O=C1CCCN1CCOc1ccc(CN2CCOCC2)c2cccnc12. The van der Waals surface area contributed by atoms with E-state index in [-0.39, 0.29) is 5.91 Å². The van der Waals surface area contributed by atoms with Gasteiger partial charge in [-0.25, -0.2) is 0 Å². The molecule has 2 saturated heterocycles. The smallest absolute Gasteiger partial charge is 0.222 e. The lowest BCUT2D eigenvalue weighted by Crippen LogP contribution is -2.35. The van der Waals surface area contributed by atoms with Crippen LogP contribution < -0.4 is 4.74 Å². The third-order valence-electron chi connectivity index (χ3n) is 5.11. The molecule has 2 fully saturated rings. The summed E-state index contributed by atoms with van der Waals surface area (Å²) in [5, 5.41) is 1.13. The Morgan fingerprint density at radius 2 is 2.04 bits per heavy atom. The average Bonchev–Trinajstić information content (AvgIpc) is 3.09. The molecule has 6 nitrogen and oxygen atoms in total. The van der Waals surface area contributed by atoms with Gasteiger partial charge < -0.3 is 14.4 Å². The van der Waals surface area contributed by atoms with Crippen molar-refractivity contribution in [2.75, 3.05) is 46.0 Å². The molecule has 0 saturated carbocycles. The van der Waals surface area contributed by atoms with Gasteiger partial charge in [-0.05, 0) is 24.1 Å². The van der Waals surface area contributed by atoms with Crippen molar-refractivity contribution >= 4 is 16.8 Å². The van der Waals surface area contributed by atoms with E-state index in [9.17, 15) is 4.79 Å². The second-order valence-electron chi connectivity index (χ2n) is 6.84. The fraction of sp³-hybridized carbons (Fsp3) is 0.500. The zero-order chi connectivity index (χ0) is 17.8. The van der Waals surface area contributed by atoms with Gasteiger partial charge in [0.2, 0.25) is 5.91 Å². The van der Waals surface area contributed by atoms with Crippen LogP contribution in [0.5, 0.6) is 5.75 Å². The van der Waals surface area contributed by atoms with Gasteiger partial charge in [0.05, 0.1) is 19.8 Å². The summed E-state index contributed by atoms with van der Waals surface area (Å²) in [6.45, 7) is 6.41. The summed E-state index contributed by atoms with van der Waals surface area (Å²) in [4.78, 5) is 20.5. The molecule has 4 rings (SSSR count). The maximum Gasteiger partial charge on any atom is 0.222 e. The molecule has 1 amide bonds. The molecule has 0 radical (unpaired) electrons. The molecule has 6 heteroatoms. The predicted molar refractivity (Wildman–Crippen MR) is 99.1 cm³/mol. The number of benzene rings is 1. The van der Waals surface area contributed by atoms with Gasteiger partial charge >= 0.3 is 0 Å². The van der Waals surface area contributed by atoms with Crippen LogP contribution in [-0.4, -0.2) is 66.7 Å². The Morgan fingerprint density at radius 1 is 1.15 bits per heavy atom. The average molecular weight is 355 g/mol. The van der Waals surface area contributed by atoms with Gasteiger partial charge in [0.1, 0.15) is 17.9 Å². The lowest BCUT2D eigenvalue weighted by atomic mass is 10.1. The van der Waals surface area contributed by atoms with Gasteiger partial charge in [0, 0.05) is 44.2 Å². The topological polar surface area (TPSA) is 54.9 Å². The third-order valence-corrected chi connectivity index (χ3v) is 5.11. The monoisotopic (exact) mass is 355 g/mol. The van der Waals surface area contributed by atoms with E-state index in [4.69, 9.17) is 9.47 Å². The highest BCUT2D eigenvalue weighted by molar-refractivity contribution is 5.87. The zero-order valence-corrected chi connectivity index (χ0v) is 15.0. The van der Waals surface area contributed by atoms with Crippen LogP contribution in [0.1, 0.15) is 18.4 Å². The number of rotatable bonds is 6. The summed E-state index contributed by atoms with van der Waals surface area (Å²) < 4.78 is 11.4. The number of morpholine rings is 1. The number of hydrogen-bond acceptors (Lipinski definition) is 5. The number of nitrogens with zero attached hydrogens (tertiary/aromatic N) is 3. The molecule has 0 unspecified atom stereocenters. The summed E-state index contributed by atoms with van der Waals surface area (Å²) in [6.07, 6.45) is 3.43. The van der Waals surface area contributed by atoms with E-state index in [2.05, 4.69) is 22.0 Å². The van der Waals surface area contributed by atoms with Gasteiger partial charge in [-0.1, -0.05) is 12.1 Å². The Bertz CT molecular complexity index is 774. The van der Waals surface area contributed by atoms with Crippen LogP contribution in [0.2, 0.25) is 0 Å². The molecule has 0 spiro atoms. The molecule has 2 aliphatic heterocycles. The van der Waals surface area contributed by atoms with E-state index in [0.29, 0.717) is 19.6 Å². The number of ether oxygens (including phenoxy) is 2. The number of carbonyl (C=O) groups is 1. The van der Waals surface area contributed by atoms with E-state index in [1.807, 2.05) is 17.0 Å². The predicted octanol–water partition coefficient (Wildman–Crippen LogP) is 2.07. The quantitative estimate of drug-likeness (QED) is 0.794. The van der Waals surface area contributed by atoms with E-state index in [1.54, 1.807) is 6.20 Å². The van der Waals surface area contributed by atoms with Gasteiger partial charge in [-0.15, -0.1) is 0 Å². The maximum absolute atomic E-state index is 11.7. The lowest BCUT2D eigenvalue weighted by molar-refractivity contribution is -0.128. The first-order valence-corrected chi connectivity index (χ1v) is 9.38. The van der Waals surface area contributed by atoms with Gasteiger partial charge in [0.25, 0.3) is 0 Å². The lowest BCUT2D eigenvalue weighted by Gasteiger charge is -2.27. The largest absolute Gasteiger partial charge is 0.489 e. The van der Waals surface area contributed by atoms with Crippen LogP contribution in [0.15, 0.2) is 30.5 Å². The second-order valence-corrected chi connectivity index (χ2v) is 6.84. The number of carbonyl (C=O) groups excluding carboxylic acids is 1. The minimum absolute atomic E-state index is 0.234. The number of hydrogen-bond donors (Lipinski definition) is 0. The van der Waals surface area contributed by atoms with Gasteiger partial charge in [0.15, 0.2) is 0 Å². The molecule has 0 N–H and O–H groups in total. The van der Waals surface area contributed by atoms with Crippen molar-refractivity contribution < 1.29 is 14.3 Å². The minimum Gasteiger partial charge on any atom is -0.489 e. The first-order valence-electron chi connectivity index (χ1n) is 9.38. The number of fused-ring (bicyclic) bond motifs is 1. The minimum atomic E-state index is 0.234. The van der Waals surface area contributed by atoms with Crippen molar-refractivity contribution in [1.82, 2.24) is 14.8 Å². The van der Waals surface area contributed by atoms with Crippen molar-refractivity contribution in [3.63, 3.8) is 0 Å². The molecule has 1 aromatic heterocycles. The summed E-state index contributed by atoms with van der Waals surface area (Å²) >= 11 is 0. The van der Waals surface area contributed by atoms with Crippen LogP contribution in [0.25, 0.3) is 10.9 Å². The molecule has 0 atom stereocenters. The van der Waals surface area contributed by atoms with Gasteiger partial charge in [-0.3, -0.25) is 14.7 Å². The van der Waals surface area contributed by atoms with E-state index < -0.39 is 0 Å². The van der Waals surface area contributed by atoms with Crippen LogP contribution in [0, 0.1) is 0 Å². The highest BCUT2D eigenvalue weighted by atomic mass is 16.5. The van der Waals surface area contributed by atoms with E-state index in [0.717, 1.165) is 62.5 Å². The Hall–Kier alpha value is -2.18. The van der Waals surface area contributed by atoms with Crippen molar-refractivity contribution in [2.45, 2.75) is 19.4 Å². The molecule has 2 aliphatic rings. The first kappa shape index (κ1) is 17.2. The van der Waals surface area contributed by atoms with Crippen molar-refractivity contribution in [3.8, 4) is 5.75 Å². The summed E-state index contributed by atoms with van der Waals surface area (Å²) in [7, 11) is 0. The molecule has 1 aromatic carbocycles. The van der Waals surface area contributed by atoms with Crippen molar-refractivity contribution in [3.05, 3.63) is 36.0 Å². The molecule has 0 aliphatic carbocycles. The fourth-order valence-electron chi connectivity index (χ4n) is 3.67. The summed E-state index contributed by atoms with van der Waals surface area (Å²) in [5.41, 5.74) is 2.16. The highest BCUT2D eigenvalue weighted by Crippen LogP contribution is 2.28. The highest BCUT2D eigenvalue weighted by Gasteiger charge is 2.20. The number of aromatic nitrogens is 1. The Labute approximate surface area is 153 Å². The number of amides is 1. The fourth-order valence-corrected chi connectivity index (χ4v) is 3.67. The molecule has 0 bridgehead atoms. The van der Waals surface area contributed by atoms with E-state index in [1.165, 1.54) is 5.56 Å². The number of likely N-dealkylation sites (tertiary alicyclic amines) is 1. The molecule has 3 heterocycles. The Morgan fingerprint density at radius 3 is 2.85 bits per heavy atom.